The van der Waals surface area contributed by atoms with Crippen molar-refractivity contribution in [2.24, 2.45) is 11.8 Å². The Morgan fingerprint density at radius 2 is 1.89 bits per heavy atom. The number of aliphatic hydroxyl groups excluding tert-OH is 1. The molecule has 190 valence electrons. The number of β-amino-alcohol motifs (C(OH)–C–C–N with tert-alkyl or cyclic N) is 1. The predicted molar refractivity (Wildman–Crippen MR) is 135 cm³/mol. The number of aliphatic hydroxyl groups is 1. The molecule has 0 radical (unpaired) electrons. The van der Waals surface area contributed by atoms with Crippen molar-refractivity contribution in [3.05, 3.63) is 36.9 Å². The number of carboxylic acids is 1. The quantitative estimate of drug-likeness (QED) is 0.338. The summed E-state index contributed by atoms with van der Waals surface area (Å²) in [6, 6.07) is 6.56. The molecule has 1 aromatic carbocycles. The summed E-state index contributed by atoms with van der Waals surface area (Å²) >= 11 is 3.53. The van der Waals surface area contributed by atoms with Crippen LogP contribution in [0.15, 0.2) is 36.9 Å². The summed E-state index contributed by atoms with van der Waals surface area (Å²) < 4.78 is 6.24. The summed E-state index contributed by atoms with van der Waals surface area (Å²) in [5, 5.41) is 19.6. The van der Waals surface area contributed by atoms with Crippen molar-refractivity contribution in [2.45, 2.75) is 42.8 Å². The fraction of sp³-hybridized carbons (Fsp3) is 0.560. The highest BCUT2D eigenvalue weighted by atomic mass is 79.9. The summed E-state index contributed by atoms with van der Waals surface area (Å²) in [6.07, 6.45) is 1.24. The Balaban J connectivity index is 1.74. The summed E-state index contributed by atoms with van der Waals surface area (Å²) in [6.45, 7) is 9.42. The Morgan fingerprint density at radius 3 is 2.43 bits per heavy atom. The SMILES string of the molecule is C=CCN(C(=O)[C@@H]1N(CCO)C(=O)[C@H]2[C@H](C(=O)O)[C@H]3O[C@@]12CC3Br)c1ccc(N(CC)CC)cc1. The van der Waals surface area contributed by atoms with Gasteiger partial charge < -0.3 is 29.6 Å². The van der Waals surface area contributed by atoms with Gasteiger partial charge in [-0.2, -0.15) is 0 Å². The van der Waals surface area contributed by atoms with Crippen molar-refractivity contribution in [3.8, 4) is 0 Å². The third-order valence-corrected chi connectivity index (χ3v) is 8.36. The Bertz CT molecular complexity index is 999. The Hall–Kier alpha value is -2.43. The summed E-state index contributed by atoms with van der Waals surface area (Å²) in [5.41, 5.74) is 0.400. The van der Waals surface area contributed by atoms with Crippen LogP contribution in [0, 0.1) is 11.8 Å². The molecule has 3 saturated heterocycles. The molecule has 3 aliphatic rings. The number of halogens is 1. The van der Waals surface area contributed by atoms with E-state index in [1.54, 1.807) is 11.0 Å². The molecule has 3 fully saturated rings. The number of likely N-dealkylation sites (tertiary alicyclic amines) is 1. The highest BCUT2D eigenvalue weighted by Crippen LogP contribution is 2.60. The minimum absolute atomic E-state index is 0.0797. The van der Waals surface area contributed by atoms with Gasteiger partial charge in [0, 0.05) is 42.4 Å². The number of alkyl halides is 1. The predicted octanol–water partition coefficient (Wildman–Crippen LogP) is 1.88. The molecule has 10 heteroatoms. The summed E-state index contributed by atoms with van der Waals surface area (Å²) in [5.74, 6) is -3.99. The number of hydrogen-bond acceptors (Lipinski definition) is 6. The average Bonchev–Trinajstić information content (AvgIpc) is 3.42. The molecule has 4 rings (SSSR count). The van der Waals surface area contributed by atoms with E-state index in [1.807, 2.05) is 24.3 Å². The number of amides is 2. The number of nitrogens with zero attached hydrogens (tertiary/aromatic N) is 3. The van der Waals surface area contributed by atoms with Gasteiger partial charge in [-0.05, 0) is 44.5 Å². The van der Waals surface area contributed by atoms with E-state index in [-0.39, 0.29) is 30.4 Å². The van der Waals surface area contributed by atoms with Crippen LogP contribution in [0.1, 0.15) is 20.3 Å². The smallest absolute Gasteiger partial charge is 0.310 e. The van der Waals surface area contributed by atoms with Crippen LogP contribution in [-0.2, 0) is 19.1 Å². The van der Waals surface area contributed by atoms with Gasteiger partial charge in [0.2, 0.25) is 5.91 Å². The molecule has 1 unspecified atom stereocenters. The van der Waals surface area contributed by atoms with Crippen molar-refractivity contribution < 1.29 is 29.3 Å². The van der Waals surface area contributed by atoms with Gasteiger partial charge >= 0.3 is 5.97 Å². The number of aliphatic carboxylic acids is 1. The van der Waals surface area contributed by atoms with Gasteiger partial charge in [0.1, 0.15) is 11.6 Å². The van der Waals surface area contributed by atoms with Crippen LogP contribution in [-0.4, -0.2) is 88.3 Å². The molecule has 35 heavy (non-hydrogen) atoms. The van der Waals surface area contributed by atoms with Crippen LogP contribution < -0.4 is 9.80 Å². The van der Waals surface area contributed by atoms with E-state index in [4.69, 9.17) is 4.74 Å². The van der Waals surface area contributed by atoms with E-state index in [1.165, 1.54) is 4.90 Å². The Labute approximate surface area is 213 Å². The van der Waals surface area contributed by atoms with Crippen molar-refractivity contribution in [1.82, 2.24) is 4.90 Å². The van der Waals surface area contributed by atoms with Crippen LogP contribution in [0.5, 0.6) is 0 Å². The molecular formula is C25H32BrN3O6. The first-order chi connectivity index (χ1) is 16.7. The van der Waals surface area contributed by atoms with Crippen LogP contribution in [0.3, 0.4) is 0 Å². The number of rotatable bonds is 10. The van der Waals surface area contributed by atoms with Crippen LogP contribution in [0.2, 0.25) is 0 Å². The highest BCUT2D eigenvalue weighted by Gasteiger charge is 2.76. The molecular weight excluding hydrogens is 518 g/mol. The lowest BCUT2D eigenvalue weighted by molar-refractivity contribution is -0.149. The second-order valence-corrected chi connectivity index (χ2v) is 10.4. The zero-order valence-electron chi connectivity index (χ0n) is 20.0. The number of hydrogen-bond donors (Lipinski definition) is 2. The fourth-order valence-electron chi connectivity index (χ4n) is 6.07. The number of carbonyl (C=O) groups is 3. The molecule has 1 aromatic rings. The van der Waals surface area contributed by atoms with E-state index in [0.717, 1.165) is 18.8 Å². The Kier molecular flexibility index (Phi) is 7.26. The monoisotopic (exact) mass is 549 g/mol. The zero-order chi connectivity index (χ0) is 25.5. The standard InChI is InChI=1S/C25H32BrN3O6/c1-4-11-28(16-9-7-15(8-10-16)27(5-2)6-3)23(32)21-25-14-17(26)20(35-25)18(24(33)34)19(25)22(31)29(21)12-13-30/h4,7-10,17-21,30H,1,5-6,11-14H2,2-3H3,(H,33,34)/t17?,18-,19+,20-,21-,25+/m0/s1. The molecule has 3 aliphatic heterocycles. The van der Waals surface area contributed by atoms with E-state index in [9.17, 15) is 24.6 Å². The zero-order valence-corrected chi connectivity index (χ0v) is 21.6. The highest BCUT2D eigenvalue weighted by molar-refractivity contribution is 9.09. The van der Waals surface area contributed by atoms with Crippen LogP contribution in [0.4, 0.5) is 11.4 Å². The average molecular weight is 550 g/mol. The van der Waals surface area contributed by atoms with Gasteiger partial charge in [-0.3, -0.25) is 14.4 Å². The van der Waals surface area contributed by atoms with Crippen LogP contribution >= 0.6 is 15.9 Å². The van der Waals surface area contributed by atoms with Crippen LogP contribution in [0.25, 0.3) is 0 Å². The van der Waals surface area contributed by atoms with Gasteiger partial charge in [-0.15, -0.1) is 6.58 Å². The molecule has 0 aromatic heterocycles. The van der Waals surface area contributed by atoms with Gasteiger partial charge in [0.15, 0.2) is 0 Å². The molecule has 0 saturated carbocycles. The van der Waals surface area contributed by atoms with Crippen molar-refractivity contribution in [1.29, 1.82) is 0 Å². The normalized spacial score (nSPS) is 30.9. The largest absolute Gasteiger partial charge is 0.481 e. The second-order valence-electron chi connectivity index (χ2n) is 9.18. The number of anilines is 2. The third kappa shape index (κ3) is 3.95. The third-order valence-electron chi connectivity index (χ3n) is 7.52. The van der Waals surface area contributed by atoms with Gasteiger partial charge in [0.25, 0.3) is 5.91 Å². The van der Waals surface area contributed by atoms with Gasteiger partial charge in [-0.25, -0.2) is 0 Å². The van der Waals surface area contributed by atoms with Gasteiger partial charge in [0.05, 0.1) is 24.5 Å². The fourth-order valence-corrected chi connectivity index (χ4v) is 7.01. The maximum atomic E-state index is 14.2. The summed E-state index contributed by atoms with van der Waals surface area (Å²) in [4.78, 5) is 44.5. The van der Waals surface area contributed by atoms with Gasteiger partial charge in [-0.1, -0.05) is 22.0 Å². The van der Waals surface area contributed by atoms with Crippen molar-refractivity contribution in [2.75, 3.05) is 42.6 Å². The Morgan fingerprint density at radius 1 is 1.26 bits per heavy atom. The van der Waals surface area contributed by atoms with E-state index in [2.05, 4.69) is 41.3 Å². The van der Waals surface area contributed by atoms with E-state index < -0.39 is 41.5 Å². The number of carbonyl (C=O) groups excluding carboxylic acids is 2. The first-order valence-electron chi connectivity index (χ1n) is 12.0. The number of ether oxygens (including phenoxy) is 1. The molecule has 3 heterocycles. The van der Waals surface area contributed by atoms with E-state index in [0.29, 0.717) is 12.1 Å². The van der Waals surface area contributed by atoms with E-state index >= 15 is 0 Å². The first-order valence-corrected chi connectivity index (χ1v) is 12.9. The second kappa shape index (κ2) is 9.91. The topological polar surface area (TPSA) is 111 Å². The molecule has 2 N–H and O–H groups in total. The summed E-state index contributed by atoms with van der Waals surface area (Å²) in [7, 11) is 0. The molecule has 2 bridgehead atoms. The van der Waals surface area contributed by atoms with Crippen molar-refractivity contribution in [3.63, 3.8) is 0 Å². The maximum Gasteiger partial charge on any atom is 0.310 e. The number of carboxylic acid groups (broad SMARTS) is 1. The number of benzene rings is 1. The minimum Gasteiger partial charge on any atom is -0.481 e. The minimum atomic E-state index is -1.27. The molecule has 6 atom stereocenters. The molecule has 1 spiro atoms. The van der Waals surface area contributed by atoms with Crippen molar-refractivity contribution >= 4 is 45.1 Å². The first kappa shape index (κ1) is 25.7. The molecule has 2 amide bonds. The number of fused-ring (bicyclic) bond motifs is 1. The lowest BCUT2D eigenvalue weighted by atomic mass is 9.70. The lowest BCUT2D eigenvalue weighted by Crippen LogP contribution is -2.57. The lowest BCUT2D eigenvalue weighted by Gasteiger charge is -2.37. The molecule has 0 aliphatic carbocycles. The maximum absolute atomic E-state index is 14.2. The molecule has 9 nitrogen and oxygen atoms in total.